The molecule has 1 aromatic carbocycles. The summed E-state index contributed by atoms with van der Waals surface area (Å²) in [6, 6.07) is 5.78. The van der Waals surface area contributed by atoms with E-state index in [9.17, 15) is 9.90 Å². The molecule has 35 heavy (non-hydrogen) atoms. The minimum absolute atomic E-state index is 0.0201. The summed E-state index contributed by atoms with van der Waals surface area (Å²) in [4.78, 5) is 32.7. The second-order valence-electron chi connectivity index (χ2n) is 8.88. The third-order valence-corrected chi connectivity index (χ3v) is 6.22. The number of ether oxygens (including phenoxy) is 1. The number of carbonyl (C=O) groups is 1. The number of nitrogens with one attached hydrogen (secondary N) is 2. The SMILES string of the molecule is COc1ccc2cc1CN(C)CCCCC(=O)N(C)CCCNc1ncnc3[nH]c(O)c(c13)C=N2. The Bertz CT molecular complexity index is 1210. The molecule has 3 N–H and O–H groups in total. The Labute approximate surface area is 205 Å². The van der Waals surface area contributed by atoms with E-state index in [4.69, 9.17) is 4.74 Å². The van der Waals surface area contributed by atoms with Crippen LogP contribution in [0.1, 0.15) is 36.8 Å². The summed E-state index contributed by atoms with van der Waals surface area (Å²) in [5.74, 6) is 1.54. The first-order valence-corrected chi connectivity index (χ1v) is 11.9. The molecule has 3 heterocycles. The lowest BCUT2D eigenvalue weighted by atomic mass is 10.1. The number of rotatable bonds is 1. The quantitative estimate of drug-likeness (QED) is 0.490. The van der Waals surface area contributed by atoms with Gasteiger partial charge in [0.1, 0.15) is 23.5 Å². The molecule has 0 unspecified atom stereocenters. The molecule has 0 fully saturated rings. The number of methoxy groups -OCH3 is 1. The Balaban J connectivity index is 1.68. The molecule has 0 saturated heterocycles. The van der Waals surface area contributed by atoms with Crippen LogP contribution in [0, 0.1) is 0 Å². The van der Waals surface area contributed by atoms with Crippen LogP contribution in [-0.4, -0.2) is 82.8 Å². The zero-order valence-corrected chi connectivity index (χ0v) is 20.5. The van der Waals surface area contributed by atoms with Crippen molar-refractivity contribution in [1.29, 1.82) is 0 Å². The van der Waals surface area contributed by atoms with Crippen LogP contribution in [-0.2, 0) is 11.3 Å². The van der Waals surface area contributed by atoms with E-state index in [1.807, 2.05) is 25.2 Å². The second kappa shape index (κ2) is 11.2. The maximum Gasteiger partial charge on any atom is 0.222 e. The number of nitrogens with zero attached hydrogens (tertiary/aromatic N) is 5. The lowest BCUT2D eigenvalue weighted by Gasteiger charge is -2.20. The molecular weight excluding hydrogens is 446 g/mol. The van der Waals surface area contributed by atoms with Gasteiger partial charge >= 0.3 is 0 Å². The highest BCUT2D eigenvalue weighted by atomic mass is 16.5. The van der Waals surface area contributed by atoms with Crippen LogP contribution in [0.3, 0.4) is 0 Å². The Morgan fingerprint density at radius 3 is 2.80 bits per heavy atom. The van der Waals surface area contributed by atoms with E-state index in [0.29, 0.717) is 48.5 Å². The zero-order chi connectivity index (χ0) is 24.8. The fraction of sp³-hybridized carbons (Fsp3) is 0.440. The summed E-state index contributed by atoms with van der Waals surface area (Å²) in [5, 5.41) is 14.5. The molecule has 0 saturated carbocycles. The molecule has 1 aliphatic rings. The maximum absolute atomic E-state index is 12.5. The third kappa shape index (κ3) is 5.89. The normalized spacial score (nSPS) is 16.8. The summed E-state index contributed by atoms with van der Waals surface area (Å²) in [6.45, 7) is 2.85. The predicted molar refractivity (Wildman–Crippen MR) is 137 cm³/mol. The van der Waals surface area contributed by atoms with Crippen molar-refractivity contribution >= 4 is 34.7 Å². The Kier molecular flexibility index (Phi) is 7.81. The zero-order valence-electron chi connectivity index (χ0n) is 20.5. The van der Waals surface area contributed by atoms with E-state index in [2.05, 4.69) is 37.2 Å². The van der Waals surface area contributed by atoms with Crippen LogP contribution >= 0.6 is 0 Å². The highest BCUT2D eigenvalue weighted by Crippen LogP contribution is 2.31. The van der Waals surface area contributed by atoms with Gasteiger partial charge in [-0.25, -0.2) is 9.97 Å². The molecule has 1 amide bonds. The summed E-state index contributed by atoms with van der Waals surface area (Å²) in [7, 11) is 5.57. The van der Waals surface area contributed by atoms with E-state index in [-0.39, 0.29) is 11.8 Å². The molecule has 186 valence electrons. The Morgan fingerprint density at radius 2 is 1.97 bits per heavy atom. The second-order valence-corrected chi connectivity index (χ2v) is 8.88. The molecule has 0 atom stereocenters. The Morgan fingerprint density at radius 1 is 1.11 bits per heavy atom. The number of aliphatic imine (C=N–C) groups is 1. The third-order valence-electron chi connectivity index (χ3n) is 6.22. The number of aromatic amines is 1. The van der Waals surface area contributed by atoms with Crippen molar-refractivity contribution in [1.82, 2.24) is 24.8 Å². The monoisotopic (exact) mass is 479 g/mol. The highest BCUT2D eigenvalue weighted by molar-refractivity contribution is 6.06. The molecule has 0 radical (unpaired) electrons. The molecular formula is C25H33N7O3. The summed E-state index contributed by atoms with van der Waals surface area (Å²) < 4.78 is 5.56. The van der Waals surface area contributed by atoms with Crippen LogP contribution in [0.25, 0.3) is 11.0 Å². The van der Waals surface area contributed by atoms with E-state index in [1.54, 1.807) is 18.2 Å². The maximum atomic E-state index is 12.5. The van der Waals surface area contributed by atoms with Gasteiger partial charge in [0.2, 0.25) is 5.91 Å². The number of amides is 1. The molecule has 0 spiro atoms. The molecule has 1 aliphatic heterocycles. The number of benzene rings is 1. The predicted octanol–water partition coefficient (Wildman–Crippen LogP) is 3.30. The average molecular weight is 480 g/mol. The smallest absolute Gasteiger partial charge is 0.222 e. The van der Waals surface area contributed by atoms with Crippen molar-refractivity contribution < 1.29 is 14.6 Å². The van der Waals surface area contributed by atoms with Crippen LogP contribution in [0.15, 0.2) is 29.5 Å². The molecule has 2 bridgehead atoms. The van der Waals surface area contributed by atoms with Gasteiger partial charge in [0.05, 0.1) is 23.7 Å². The number of aromatic nitrogens is 3. The molecule has 2 aromatic heterocycles. The van der Waals surface area contributed by atoms with Crippen LogP contribution in [0.2, 0.25) is 0 Å². The largest absolute Gasteiger partial charge is 0.496 e. The first-order chi connectivity index (χ1) is 17.0. The van der Waals surface area contributed by atoms with Crippen molar-refractivity contribution in [2.24, 2.45) is 4.99 Å². The van der Waals surface area contributed by atoms with Crippen LogP contribution < -0.4 is 10.1 Å². The van der Waals surface area contributed by atoms with Gasteiger partial charge in [-0.1, -0.05) is 0 Å². The van der Waals surface area contributed by atoms with Gasteiger partial charge in [0, 0.05) is 44.9 Å². The van der Waals surface area contributed by atoms with Gasteiger partial charge in [0.25, 0.3) is 0 Å². The minimum Gasteiger partial charge on any atom is -0.496 e. The molecule has 0 aliphatic carbocycles. The van der Waals surface area contributed by atoms with Gasteiger partial charge in [-0.15, -0.1) is 0 Å². The lowest BCUT2D eigenvalue weighted by molar-refractivity contribution is -0.130. The summed E-state index contributed by atoms with van der Waals surface area (Å²) in [5.41, 5.74) is 2.80. The number of anilines is 1. The number of hydrogen-bond donors (Lipinski definition) is 3. The van der Waals surface area contributed by atoms with Gasteiger partial charge in [-0.2, -0.15) is 0 Å². The van der Waals surface area contributed by atoms with Crippen molar-refractivity contribution in [3.05, 3.63) is 35.7 Å². The van der Waals surface area contributed by atoms with Crippen molar-refractivity contribution in [3.8, 4) is 11.6 Å². The summed E-state index contributed by atoms with van der Waals surface area (Å²) >= 11 is 0. The average Bonchev–Trinajstić information content (AvgIpc) is 3.18. The number of carbonyl (C=O) groups excluding carboxylic acids is 1. The van der Waals surface area contributed by atoms with E-state index in [1.165, 1.54) is 6.33 Å². The topological polar surface area (TPSA) is 119 Å². The standard InChI is InChI=1S/C25H33N7O3/c1-31-11-5-4-7-21(33)32(2)12-6-10-26-23-22-19(25(34)30-24(22)29-16-28-23)14-27-18-8-9-20(35-3)17(13-18)15-31/h8-9,13-14,16,34H,4-7,10-12,15H2,1-3H3,(H2,26,28,29,30). The van der Waals surface area contributed by atoms with Gasteiger partial charge in [0.15, 0.2) is 5.88 Å². The fourth-order valence-electron chi connectivity index (χ4n) is 4.27. The molecule has 10 heteroatoms. The van der Waals surface area contributed by atoms with Crippen LogP contribution in [0.4, 0.5) is 11.5 Å². The first kappa shape index (κ1) is 24.5. The lowest BCUT2D eigenvalue weighted by Crippen LogP contribution is -2.29. The first-order valence-electron chi connectivity index (χ1n) is 11.9. The fourth-order valence-corrected chi connectivity index (χ4v) is 4.27. The van der Waals surface area contributed by atoms with Crippen LogP contribution in [0.5, 0.6) is 11.6 Å². The molecule has 3 aromatic rings. The number of fused-ring (bicyclic) bond motifs is 2. The molecule has 10 nitrogen and oxygen atoms in total. The number of aromatic hydroxyl groups is 1. The van der Waals surface area contributed by atoms with Gasteiger partial charge < -0.3 is 29.9 Å². The van der Waals surface area contributed by atoms with Gasteiger partial charge in [-0.05, 0) is 51.1 Å². The van der Waals surface area contributed by atoms with E-state index in [0.717, 1.165) is 42.8 Å². The number of hydrogen-bond acceptors (Lipinski definition) is 8. The van der Waals surface area contributed by atoms with E-state index < -0.39 is 0 Å². The highest BCUT2D eigenvalue weighted by Gasteiger charge is 2.16. The van der Waals surface area contributed by atoms with Crippen molar-refractivity contribution in [2.75, 3.05) is 46.2 Å². The Hall–Kier alpha value is -3.66. The van der Waals surface area contributed by atoms with Crippen molar-refractivity contribution in [2.45, 2.75) is 32.2 Å². The minimum atomic E-state index is -0.0201. The summed E-state index contributed by atoms with van der Waals surface area (Å²) in [6.07, 6.45) is 6.18. The van der Waals surface area contributed by atoms with E-state index >= 15 is 0 Å². The number of H-pyrrole nitrogens is 1. The molecule has 4 rings (SSSR count). The van der Waals surface area contributed by atoms with Gasteiger partial charge in [-0.3, -0.25) is 9.79 Å². The van der Waals surface area contributed by atoms with Crippen molar-refractivity contribution in [3.63, 3.8) is 0 Å².